The number of hydrogen-bond donors (Lipinski definition) is 3. The van der Waals surface area contributed by atoms with Crippen molar-refractivity contribution in [1.29, 1.82) is 0 Å². The van der Waals surface area contributed by atoms with E-state index < -0.39 is 17.9 Å². The number of aliphatic hydroxyl groups excluding tert-OH is 2. The van der Waals surface area contributed by atoms with Gasteiger partial charge in [-0.05, 0) is 56.5 Å². The lowest BCUT2D eigenvalue weighted by molar-refractivity contribution is -0.187. The minimum absolute atomic E-state index is 0.176. The van der Waals surface area contributed by atoms with Gasteiger partial charge in [0.15, 0.2) is 0 Å². The molecule has 0 amide bonds. The zero-order valence-electron chi connectivity index (χ0n) is 29.1. The highest BCUT2D eigenvalue weighted by atomic mass is 17.2. The highest BCUT2D eigenvalue weighted by Gasteiger charge is 2.13. The SMILES string of the molecule is C=C(C)C(=O)O.C=CC(=O)OCC.C=Cc1ccccc1.CCCCO.CCCCO.O=C(OOC(=O)c1ccccc1)c1ccccc1. The highest BCUT2D eigenvalue weighted by molar-refractivity contribution is 5.92. The molecule has 0 radical (unpaired) electrons. The molecule has 0 unspecified atom stereocenters. The molecule has 268 valence electrons. The van der Waals surface area contributed by atoms with Gasteiger partial charge in [0.2, 0.25) is 0 Å². The predicted octanol–water partition coefficient (Wildman–Crippen LogP) is 7.89. The van der Waals surface area contributed by atoms with Crippen LogP contribution in [-0.2, 0) is 24.1 Å². The summed E-state index contributed by atoms with van der Waals surface area (Å²) in [5.74, 6) is -2.71. The number of hydrogen-bond acceptors (Lipinski definition) is 9. The second kappa shape index (κ2) is 35.5. The number of carbonyl (C=O) groups excluding carboxylic acids is 3. The Balaban J connectivity index is -0.000000575. The van der Waals surface area contributed by atoms with E-state index >= 15 is 0 Å². The zero-order valence-corrected chi connectivity index (χ0v) is 29.1. The summed E-state index contributed by atoms with van der Waals surface area (Å²) in [5, 5.41) is 24.0. The van der Waals surface area contributed by atoms with Gasteiger partial charge in [-0.1, -0.05) is 119 Å². The maximum Gasteiger partial charge on any atom is 0.386 e. The molecule has 0 fully saturated rings. The van der Waals surface area contributed by atoms with E-state index in [4.69, 9.17) is 15.3 Å². The number of carboxylic acids is 1. The van der Waals surface area contributed by atoms with Gasteiger partial charge in [0.05, 0.1) is 17.7 Å². The normalized spacial score (nSPS) is 8.61. The van der Waals surface area contributed by atoms with Crippen LogP contribution in [0.3, 0.4) is 0 Å². The predicted molar refractivity (Wildman–Crippen MR) is 194 cm³/mol. The summed E-state index contributed by atoms with van der Waals surface area (Å²) in [5.41, 5.74) is 1.99. The minimum atomic E-state index is -0.935. The second-order valence-corrected chi connectivity index (χ2v) is 9.28. The van der Waals surface area contributed by atoms with Gasteiger partial charge in [-0.2, -0.15) is 0 Å². The first kappa shape index (κ1) is 48.1. The first-order valence-electron chi connectivity index (χ1n) is 15.6. The zero-order chi connectivity index (χ0) is 37.7. The molecular weight excluding hydrogens is 628 g/mol. The summed E-state index contributed by atoms with van der Waals surface area (Å²) >= 11 is 0. The molecule has 0 aliphatic heterocycles. The average Bonchev–Trinajstić information content (AvgIpc) is 3.13. The lowest BCUT2D eigenvalue weighted by atomic mass is 10.2. The molecular formula is C39H52O10. The van der Waals surface area contributed by atoms with Crippen LogP contribution < -0.4 is 0 Å². The molecule has 3 rings (SSSR count). The summed E-state index contributed by atoms with van der Waals surface area (Å²) in [6, 6.07) is 26.6. The standard InChI is InChI=1S/C14H10O4.C8H8.C5H8O2.C4H6O2.2C4H10O/c15-13(11-7-3-1-4-8-11)17-18-14(16)12-9-5-2-6-10-12;1-2-8-6-4-3-5-7-8;1-3-5(6)7-4-2;1-3(2)4(5)6;2*1-2-3-4-5/h1-10H;2-7H,1H2;3H,1,4H2,2H3;1H2,2H3,(H,5,6);2*5H,2-4H2,1H3. The fraction of sp³-hybridized carbons (Fsp3) is 0.282. The van der Waals surface area contributed by atoms with Gasteiger partial charge in [-0.3, -0.25) is 0 Å². The summed E-state index contributed by atoms with van der Waals surface area (Å²) in [6.07, 6.45) is 7.05. The van der Waals surface area contributed by atoms with Crippen molar-refractivity contribution in [3.8, 4) is 0 Å². The number of benzene rings is 3. The molecule has 0 spiro atoms. The molecule has 0 aliphatic carbocycles. The van der Waals surface area contributed by atoms with Gasteiger partial charge < -0.3 is 20.1 Å². The maximum absolute atomic E-state index is 11.5. The van der Waals surface area contributed by atoms with Crippen LogP contribution in [0.5, 0.6) is 0 Å². The monoisotopic (exact) mass is 680 g/mol. The number of aliphatic hydroxyl groups is 2. The molecule has 0 atom stereocenters. The Kier molecular flexibility index (Phi) is 34.9. The number of ether oxygens (including phenoxy) is 1. The van der Waals surface area contributed by atoms with Crippen LogP contribution in [0.4, 0.5) is 0 Å². The topological polar surface area (TPSA) is 157 Å². The molecule has 0 saturated carbocycles. The smallest absolute Gasteiger partial charge is 0.386 e. The fourth-order valence-corrected chi connectivity index (χ4v) is 2.43. The fourth-order valence-electron chi connectivity index (χ4n) is 2.43. The molecule has 0 saturated heterocycles. The third-order valence-electron chi connectivity index (χ3n) is 5.09. The quantitative estimate of drug-likeness (QED) is 0.0833. The van der Waals surface area contributed by atoms with Crippen LogP contribution in [0.25, 0.3) is 6.08 Å². The van der Waals surface area contributed by atoms with Gasteiger partial charge in [-0.15, -0.1) is 0 Å². The maximum atomic E-state index is 11.5. The van der Waals surface area contributed by atoms with E-state index in [-0.39, 0.29) is 11.5 Å². The Hall–Kier alpha value is -5.32. The van der Waals surface area contributed by atoms with Gasteiger partial charge in [0.1, 0.15) is 0 Å². The van der Waals surface area contributed by atoms with Gasteiger partial charge in [0, 0.05) is 24.9 Å². The van der Waals surface area contributed by atoms with Crippen molar-refractivity contribution in [2.75, 3.05) is 19.8 Å². The first-order valence-corrected chi connectivity index (χ1v) is 15.6. The lowest BCUT2D eigenvalue weighted by Crippen LogP contribution is -2.11. The summed E-state index contributed by atoms with van der Waals surface area (Å²) in [4.78, 5) is 51.5. The van der Waals surface area contributed by atoms with Gasteiger partial charge in [0.25, 0.3) is 0 Å². The van der Waals surface area contributed by atoms with Crippen molar-refractivity contribution in [3.05, 3.63) is 139 Å². The average molecular weight is 681 g/mol. The molecule has 3 N–H and O–H groups in total. The van der Waals surface area contributed by atoms with E-state index in [0.29, 0.717) is 30.9 Å². The van der Waals surface area contributed by atoms with Crippen molar-refractivity contribution >= 4 is 30.0 Å². The molecule has 10 nitrogen and oxygen atoms in total. The highest BCUT2D eigenvalue weighted by Crippen LogP contribution is 2.05. The van der Waals surface area contributed by atoms with E-state index in [1.165, 1.54) is 12.5 Å². The van der Waals surface area contributed by atoms with E-state index in [9.17, 15) is 19.2 Å². The number of unbranched alkanes of at least 4 members (excludes halogenated alkanes) is 2. The van der Waals surface area contributed by atoms with E-state index in [1.807, 2.05) is 36.4 Å². The van der Waals surface area contributed by atoms with Crippen molar-refractivity contribution in [2.24, 2.45) is 0 Å². The molecule has 0 aliphatic rings. The molecule has 10 heteroatoms. The summed E-state index contributed by atoms with van der Waals surface area (Å²) in [7, 11) is 0. The van der Waals surface area contributed by atoms with Crippen LogP contribution in [-0.4, -0.2) is 59.0 Å². The van der Waals surface area contributed by atoms with Crippen molar-refractivity contribution in [3.63, 3.8) is 0 Å². The van der Waals surface area contributed by atoms with E-state index in [0.717, 1.165) is 31.8 Å². The Morgan fingerprint density at radius 1 is 0.673 bits per heavy atom. The molecule has 3 aromatic carbocycles. The second-order valence-electron chi connectivity index (χ2n) is 9.28. The van der Waals surface area contributed by atoms with Crippen LogP contribution >= 0.6 is 0 Å². The molecule has 0 aromatic heterocycles. The number of rotatable bonds is 10. The van der Waals surface area contributed by atoms with E-state index in [2.05, 4.69) is 48.1 Å². The van der Waals surface area contributed by atoms with Crippen LogP contribution in [0.15, 0.2) is 122 Å². The minimum Gasteiger partial charge on any atom is -0.478 e. The van der Waals surface area contributed by atoms with Crippen molar-refractivity contribution < 1.29 is 49.0 Å². The number of carbonyl (C=O) groups is 4. The Bertz CT molecular complexity index is 1220. The Morgan fingerprint density at radius 3 is 1.20 bits per heavy atom. The summed E-state index contributed by atoms with van der Waals surface area (Å²) in [6.45, 7) is 18.4. The van der Waals surface area contributed by atoms with Crippen molar-refractivity contribution in [1.82, 2.24) is 0 Å². The number of aliphatic carboxylic acids is 1. The van der Waals surface area contributed by atoms with E-state index in [1.54, 1.807) is 67.6 Å². The molecule has 3 aromatic rings. The Morgan fingerprint density at radius 2 is 1.02 bits per heavy atom. The number of carboxylic acid groups (broad SMARTS) is 1. The van der Waals surface area contributed by atoms with Gasteiger partial charge in [-0.25, -0.2) is 29.0 Å². The molecule has 0 heterocycles. The first-order chi connectivity index (χ1) is 23.5. The molecule has 0 bridgehead atoms. The third-order valence-corrected chi connectivity index (χ3v) is 5.09. The Labute approximate surface area is 290 Å². The largest absolute Gasteiger partial charge is 0.478 e. The van der Waals surface area contributed by atoms with Crippen LogP contribution in [0, 0.1) is 0 Å². The summed E-state index contributed by atoms with van der Waals surface area (Å²) < 4.78 is 4.43. The lowest BCUT2D eigenvalue weighted by Gasteiger charge is -2.02. The third kappa shape index (κ3) is 32.4. The van der Waals surface area contributed by atoms with Crippen molar-refractivity contribution in [2.45, 2.75) is 53.4 Å². The van der Waals surface area contributed by atoms with Gasteiger partial charge >= 0.3 is 23.9 Å². The van der Waals surface area contributed by atoms with Crippen LogP contribution in [0.2, 0.25) is 0 Å². The number of esters is 1. The van der Waals surface area contributed by atoms with Crippen LogP contribution in [0.1, 0.15) is 79.7 Å². The molecule has 49 heavy (non-hydrogen) atoms.